The quantitative estimate of drug-likeness (QED) is 0.584. The van der Waals surface area contributed by atoms with Crippen molar-refractivity contribution in [2.75, 3.05) is 20.2 Å². The number of ether oxygens (including phenoxy) is 1. The molecule has 0 spiro atoms. The van der Waals surface area contributed by atoms with Crippen molar-refractivity contribution in [3.63, 3.8) is 0 Å². The number of carbonyl (C=O) groups excluding carboxylic acids is 2. The summed E-state index contributed by atoms with van der Waals surface area (Å²) in [4.78, 5) is 23.2. The summed E-state index contributed by atoms with van der Waals surface area (Å²) in [5.74, 6) is -1.56. The molecule has 0 radical (unpaired) electrons. The summed E-state index contributed by atoms with van der Waals surface area (Å²) in [6.45, 7) is -1.64. The van der Waals surface area contributed by atoms with Crippen LogP contribution < -0.4 is 5.32 Å². The molecule has 0 saturated carbocycles. The number of sulfonamides is 1. The zero-order valence-electron chi connectivity index (χ0n) is 16.6. The molecule has 0 aliphatic rings. The molecular formula is C20H21F3N2O5S. The summed E-state index contributed by atoms with van der Waals surface area (Å²) >= 11 is 0. The van der Waals surface area contributed by atoms with Crippen LogP contribution in [-0.4, -0.2) is 51.0 Å². The highest BCUT2D eigenvalue weighted by molar-refractivity contribution is 7.89. The van der Waals surface area contributed by atoms with Crippen molar-refractivity contribution in [2.45, 2.75) is 24.0 Å². The van der Waals surface area contributed by atoms with Crippen molar-refractivity contribution < 1.29 is 35.9 Å². The highest BCUT2D eigenvalue weighted by atomic mass is 32.2. The third kappa shape index (κ3) is 7.37. The van der Waals surface area contributed by atoms with Gasteiger partial charge in [-0.3, -0.25) is 9.59 Å². The van der Waals surface area contributed by atoms with Crippen LogP contribution in [0.3, 0.4) is 0 Å². The van der Waals surface area contributed by atoms with Gasteiger partial charge in [-0.15, -0.1) is 0 Å². The molecule has 7 nitrogen and oxygen atoms in total. The van der Waals surface area contributed by atoms with Crippen molar-refractivity contribution in [3.8, 4) is 0 Å². The van der Waals surface area contributed by atoms with Crippen molar-refractivity contribution in [2.24, 2.45) is 0 Å². The molecule has 11 heteroatoms. The van der Waals surface area contributed by atoms with Gasteiger partial charge in [0.1, 0.15) is 6.54 Å². The lowest BCUT2D eigenvalue weighted by Gasteiger charge is -2.22. The third-order valence-electron chi connectivity index (χ3n) is 4.20. The van der Waals surface area contributed by atoms with Crippen LogP contribution in [0.5, 0.6) is 0 Å². The zero-order chi connectivity index (χ0) is 23.1. The lowest BCUT2D eigenvalue weighted by molar-refractivity contribution is -0.140. The van der Waals surface area contributed by atoms with Crippen molar-refractivity contribution >= 4 is 21.9 Å². The summed E-state index contributed by atoms with van der Waals surface area (Å²) in [5, 5.41) is 1.72. The molecular weight excluding hydrogens is 437 g/mol. The van der Waals surface area contributed by atoms with E-state index < -0.39 is 34.6 Å². The lowest BCUT2D eigenvalue weighted by atomic mass is 10.2. The fourth-order valence-corrected chi connectivity index (χ4v) is 4.03. The van der Waals surface area contributed by atoms with Crippen LogP contribution >= 0.6 is 0 Å². The van der Waals surface area contributed by atoms with Gasteiger partial charge >= 0.3 is 12.1 Å². The van der Waals surface area contributed by atoms with Crippen LogP contribution in [0.1, 0.15) is 22.3 Å². The molecule has 1 N–H and O–H groups in total. The molecule has 0 fully saturated rings. The van der Waals surface area contributed by atoms with Gasteiger partial charge in [-0.05, 0) is 29.8 Å². The lowest BCUT2D eigenvalue weighted by Crippen LogP contribution is -2.34. The molecule has 0 atom stereocenters. The first kappa shape index (κ1) is 24.4. The number of nitrogens with zero attached hydrogens (tertiary/aromatic N) is 1. The summed E-state index contributed by atoms with van der Waals surface area (Å²) < 4.78 is 68.6. The maximum absolute atomic E-state index is 13.1. The molecule has 0 saturated heterocycles. The molecule has 168 valence electrons. The van der Waals surface area contributed by atoms with E-state index in [1.807, 2.05) is 0 Å². The van der Waals surface area contributed by atoms with E-state index in [2.05, 4.69) is 4.74 Å². The number of rotatable bonds is 9. The predicted octanol–water partition coefficient (Wildman–Crippen LogP) is 2.73. The first-order chi connectivity index (χ1) is 14.5. The molecule has 2 aromatic carbocycles. The molecule has 0 unspecified atom stereocenters. The first-order valence-electron chi connectivity index (χ1n) is 9.09. The Morgan fingerprint density at radius 2 is 1.65 bits per heavy atom. The van der Waals surface area contributed by atoms with E-state index in [4.69, 9.17) is 0 Å². The van der Waals surface area contributed by atoms with Gasteiger partial charge in [0.2, 0.25) is 10.0 Å². The molecule has 1 amide bonds. The van der Waals surface area contributed by atoms with E-state index in [9.17, 15) is 31.2 Å². The highest BCUT2D eigenvalue weighted by Gasteiger charge is 2.28. The van der Waals surface area contributed by atoms with Gasteiger partial charge in [-0.2, -0.15) is 17.5 Å². The minimum absolute atomic E-state index is 0.00596. The predicted molar refractivity (Wildman–Crippen MR) is 106 cm³/mol. The van der Waals surface area contributed by atoms with Gasteiger partial charge in [0.15, 0.2) is 0 Å². The molecule has 0 bridgehead atoms. The number of esters is 1. The van der Waals surface area contributed by atoms with Gasteiger partial charge in [0.05, 0.1) is 18.4 Å². The second-order valence-corrected chi connectivity index (χ2v) is 8.41. The van der Waals surface area contributed by atoms with Gasteiger partial charge in [0.25, 0.3) is 5.91 Å². The molecule has 31 heavy (non-hydrogen) atoms. The van der Waals surface area contributed by atoms with Crippen LogP contribution in [0, 0.1) is 0 Å². The number of benzene rings is 2. The molecule has 0 aliphatic heterocycles. The summed E-state index contributed by atoms with van der Waals surface area (Å²) in [6.07, 6.45) is -4.73. The number of halogens is 3. The standard InChI is InChI=1S/C20H21F3N2O5S/c1-30-18(26)11-12-25(13-15-5-3-2-4-6-15)31(28,29)17-9-7-16(8-10-17)19(27)24-14-20(21,22)23/h2-10H,11-14H2,1H3,(H,24,27). The van der Waals surface area contributed by atoms with Crippen molar-refractivity contribution in [1.29, 1.82) is 0 Å². The zero-order valence-corrected chi connectivity index (χ0v) is 17.4. The average molecular weight is 458 g/mol. The number of methoxy groups -OCH3 is 1. The minimum atomic E-state index is -4.56. The summed E-state index contributed by atoms with van der Waals surface area (Å²) in [5.41, 5.74) is 0.575. The second-order valence-electron chi connectivity index (χ2n) is 6.47. The number of hydrogen-bond donors (Lipinski definition) is 1. The molecule has 0 heterocycles. The van der Waals surface area contributed by atoms with Crippen molar-refractivity contribution in [3.05, 3.63) is 65.7 Å². The van der Waals surface area contributed by atoms with E-state index in [0.29, 0.717) is 5.56 Å². The maximum atomic E-state index is 13.1. The van der Waals surface area contributed by atoms with Gasteiger partial charge < -0.3 is 10.1 Å². The number of carbonyl (C=O) groups is 2. The molecule has 2 rings (SSSR count). The Morgan fingerprint density at radius 3 is 2.19 bits per heavy atom. The second kappa shape index (κ2) is 10.4. The Labute approximate surface area is 177 Å². The third-order valence-corrected chi connectivity index (χ3v) is 6.06. The van der Waals surface area contributed by atoms with E-state index >= 15 is 0 Å². The van der Waals surface area contributed by atoms with E-state index in [0.717, 1.165) is 28.6 Å². The van der Waals surface area contributed by atoms with Crippen LogP contribution in [0.4, 0.5) is 13.2 Å². The van der Waals surface area contributed by atoms with E-state index in [-0.39, 0.29) is 30.0 Å². The normalized spacial score (nSPS) is 11.9. The maximum Gasteiger partial charge on any atom is 0.405 e. The number of amides is 1. The summed E-state index contributed by atoms with van der Waals surface area (Å²) in [6, 6.07) is 13.2. The minimum Gasteiger partial charge on any atom is -0.469 e. The van der Waals surface area contributed by atoms with Crippen LogP contribution in [-0.2, 0) is 26.1 Å². The highest BCUT2D eigenvalue weighted by Crippen LogP contribution is 2.20. The van der Waals surface area contributed by atoms with Gasteiger partial charge in [-0.1, -0.05) is 30.3 Å². The molecule has 0 aromatic heterocycles. The Kier molecular flexibility index (Phi) is 8.17. The van der Waals surface area contributed by atoms with E-state index in [1.165, 1.54) is 7.11 Å². The monoisotopic (exact) mass is 458 g/mol. The number of hydrogen-bond acceptors (Lipinski definition) is 5. The Morgan fingerprint density at radius 1 is 1.03 bits per heavy atom. The van der Waals surface area contributed by atoms with E-state index in [1.54, 1.807) is 35.6 Å². The molecule has 2 aromatic rings. The fourth-order valence-electron chi connectivity index (χ4n) is 2.60. The fraction of sp³-hybridized carbons (Fsp3) is 0.300. The smallest absolute Gasteiger partial charge is 0.405 e. The first-order valence-corrected chi connectivity index (χ1v) is 10.5. The van der Waals surface area contributed by atoms with Crippen LogP contribution in [0.15, 0.2) is 59.5 Å². The van der Waals surface area contributed by atoms with Crippen molar-refractivity contribution in [1.82, 2.24) is 9.62 Å². The van der Waals surface area contributed by atoms with Crippen LogP contribution in [0.25, 0.3) is 0 Å². The SMILES string of the molecule is COC(=O)CCN(Cc1ccccc1)S(=O)(=O)c1ccc(C(=O)NCC(F)(F)F)cc1. The average Bonchev–Trinajstić information content (AvgIpc) is 2.74. The Hall–Kier alpha value is -2.92. The topological polar surface area (TPSA) is 92.8 Å². The number of alkyl halides is 3. The van der Waals surface area contributed by atoms with Crippen LogP contribution in [0.2, 0.25) is 0 Å². The van der Waals surface area contributed by atoms with Gasteiger partial charge in [0, 0.05) is 18.7 Å². The van der Waals surface area contributed by atoms with Gasteiger partial charge in [-0.25, -0.2) is 8.42 Å². The number of nitrogens with one attached hydrogen (secondary N) is 1. The molecule has 0 aliphatic carbocycles. The largest absolute Gasteiger partial charge is 0.469 e. The Bertz CT molecular complexity index is 994. The Balaban J connectivity index is 2.22. The summed E-state index contributed by atoms with van der Waals surface area (Å²) in [7, 11) is -2.87.